The molecule has 1 aromatic rings. The number of hydrogen-bond acceptors (Lipinski definition) is 5. The zero-order valence-electron chi connectivity index (χ0n) is 15.5. The van der Waals surface area contributed by atoms with Crippen molar-refractivity contribution in [2.45, 2.75) is 12.1 Å². The van der Waals surface area contributed by atoms with Crippen LogP contribution >= 0.6 is 11.6 Å². The zero-order chi connectivity index (χ0) is 23.5. The number of carboxylic acid groups (broad SMARTS) is 2. The van der Waals surface area contributed by atoms with Crippen LogP contribution in [0.4, 0.5) is 22.0 Å². The molecule has 0 spiro atoms. The normalized spacial score (nSPS) is 17.1. The average Bonchev–Trinajstić information content (AvgIpc) is 2.67. The zero-order valence-corrected chi connectivity index (χ0v) is 16.3. The van der Waals surface area contributed by atoms with E-state index < -0.39 is 81.8 Å². The number of hydrogen-bond donors (Lipinski definition) is 4. The van der Waals surface area contributed by atoms with Gasteiger partial charge in [0.15, 0.2) is 0 Å². The molecular formula is C18H16ClF5N2O5. The lowest BCUT2D eigenvalue weighted by Crippen LogP contribution is -2.36. The molecule has 0 fully saturated rings. The van der Waals surface area contributed by atoms with E-state index in [1.165, 1.54) is 0 Å². The fraction of sp³-hybridized carbons (Fsp3) is 0.333. The van der Waals surface area contributed by atoms with Crippen molar-refractivity contribution in [3.8, 4) is 0 Å². The first-order valence-electron chi connectivity index (χ1n) is 8.54. The molecular weight excluding hydrogens is 455 g/mol. The third-order valence-electron chi connectivity index (χ3n) is 4.35. The van der Waals surface area contributed by atoms with Crippen molar-refractivity contribution in [2.75, 3.05) is 26.4 Å². The van der Waals surface area contributed by atoms with Crippen molar-refractivity contribution in [1.29, 1.82) is 0 Å². The lowest BCUT2D eigenvalue weighted by atomic mass is 9.78. The number of alkyl halides is 4. The third-order valence-corrected chi connectivity index (χ3v) is 4.66. The number of rotatable bonds is 8. The van der Waals surface area contributed by atoms with Crippen molar-refractivity contribution < 1.29 is 46.5 Å². The fourth-order valence-corrected chi connectivity index (χ4v) is 3.49. The summed E-state index contributed by atoms with van der Waals surface area (Å²) < 4.78 is 74.6. The van der Waals surface area contributed by atoms with Crippen LogP contribution in [0.15, 0.2) is 34.7 Å². The van der Waals surface area contributed by atoms with Gasteiger partial charge in [0.1, 0.15) is 12.5 Å². The number of nitrogens with two attached hydrogens (primary N) is 1. The second kappa shape index (κ2) is 9.62. The molecule has 1 aromatic carbocycles. The van der Waals surface area contributed by atoms with Crippen molar-refractivity contribution in [2.24, 2.45) is 5.73 Å². The second-order valence-electron chi connectivity index (χ2n) is 6.24. The summed E-state index contributed by atoms with van der Waals surface area (Å²) in [5.41, 5.74) is -1.11. The SMILES string of the molecule is NCCOCC1=C(C(=O)O)C(c2c(F)ccc(Cl)c2C(F)(F)F)C(C(=O)O)=C(CF)N1. The minimum Gasteiger partial charge on any atom is -0.478 e. The standard InChI is InChI=1S/C18H16ClF5N2O5/c19-7-1-2-8(21)11(15(7)18(22,23)24)14-12(16(27)28)9(5-20)26-10(6-31-4-3-25)13(14)17(29)30/h1-2,14,26H,3-6,25H2,(H,27,28)(H,29,30). The summed E-state index contributed by atoms with van der Waals surface area (Å²) in [4.78, 5) is 23.8. The Morgan fingerprint density at radius 2 is 1.74 bits per heavy atom. The molecule has 170 valence electrons. The number of ether oxygens (including phenoxy) is 1. The van der Waals surface area contributed by atoms with E-state index in [0.29, 0.717) is 12.1 Å². The van der Waals surface area contributed by atoms with Crippen LogP contribution in [0.3, 0.4) is 0 Å². The van der Waals surface area contributed by atoms with Gasteiger partial charge in [-0.3, -0.25) is 0 Å². The molecule has 5 N–H and O–H groups in total. The van der Waals surface area contributed by atoms with Gasteiger partial charge in [0.25, 0.3) is 0 Å². The van der Waals surface area contributed by atoms with Crippen LogP contribution in [-0.2, 0) is 20.5 Å². The van der Waals surface area contributed by atoms with Crippen molar-refractivity contribution in [3.05, 3.63) is 56.6 Å². The van der Waals surface area contributed by atoms with Gasteiger partial charge in [0.2, 0.25) is 0 Å². The first kappa shape index (κ1) is 24.6. The molecule has 1 heterocycles. The minimum atomic E-state index is -5.28. The first-order valence-corrected chi connectivity index (χ1v) is 8.92. The van der Waals surface area contributed by atoms with Crippen LogP contribution < -0.4 is 11.1 Å². The summed E-state index contributed by atoms with van der Waals surface area (Å²) in [6, 6.07) is 1.13. The highest BCUT2D eigenvalue weighted by Crippen LogP contribution is 2.47. The van der Waals surface area contributed by atoms with Crippen LogP contribution in [0, 0.1) is 5.82 Å². The van der Waals surface area contributed by atoms with E-state index in [4.69, 9.17) is 22.1 Å². The van der Waals surface area contributed by atoms with Gasteiger partial charge in [-0.15, -0.1) is 0 Å². The number of allylic oxidation sites excluding steroid dienone is 1. The van der Waals surface area contributed by atoms with Crippen LogP contribution in [0.1, 0.15) is 17.0 Å². The van der Waals surface area contributed by atoms with Gasteiger partial charge in [-0.1, -0.05) is 11.6 Å². The Kier molecular flexibility index (Phi) is 7.63. The number of carbonyl (C=O) groups is 2. The van der Waals surface area contributed by atoms with Gasteiger partial charge in [0.05, 0.1) is 52.3 Å². The van der Waals surface area contributed by atoms with Gasteiger partial charge in [0, 0.05) is 12.1 Å². The van der Waals surface area contributed by atoms with E-state index in [1.807, 2.05) is 0 Å². The predicted molar refractivity (Wildman–Crippen MR) is 97.5 cm³/mol. The highest BCUT2D eigenvalue weighted by Gasteiger charge is 2.46. The number of aliphatic carboxylic acids is 2. The van der Waals surface area contributed by atoms with Crippen LogP contribution in [0.25, 0.3) is 0 Å². The van der Waals surface area contributed by atoms with E-state index in [9.17, 15) is 41.8 Å². The molecule has 1 unspecified atom stereocenters. The summed E-state index contributed by atoms with van der Waals surface area (Å²) in [5, 5.41) is 20.5. The highest BCUT2D eigenvalue weighted by molar-refractivity contribution is 6.31. The molecule has 0 saturated heterocycles. The Morgan fingerprint density at radius 3 is 2.23 bits per heavy atom. The molecule has 1 aliphatic rings. The Balaban J connectivity index is 2.94. The van der Waals surface area contributed by atoms with Crippen LogP contribution in [-0.4, -0.2) is 48.6 Å². The Hall–Kier alpha value is -2.70. The summed E-state index contributed by atoms with van der Waals surface area (Å²) in [7, 11) is 0. The molecule has 1 aliphatic heterocycles. The summed E-state index contributed by atoms with van der Waals surface area (Å²) >= 11 is 5.63. The number of halogens is 6. The monoisotopic (exact) mass is 470 g/mol. The molecule has 0 saturated carbocycles. The Bertz CT molecular complexity index is 961. The lowest BCUT2D eigenvalue weighted by molar-refractivity contribution is -0.139. The molecule has 0 aromatic heterocycles. The van der Waals surface area contributed by atoms with Gasteiger partial charge in [-0.05, 0) is 12.1 Å². The Labute approximate surface area is 176 Å². The third kappa shape index (κ3) is 4.97. The van der Waals surface area contributed by atoms with Crippen molar-refractivity contribution in [1.82, 2.24) is 5.32 Å². The van der Waals surface area contributed by atoms with E-state index in [2.05, 4.69) is 5.32 Å². The smallest absolute Gasteiger partial charge is 0.418 e. The molecule has 0 amide bonds. The molecule has 1 atom stereocenters. The van der Waals surface area contributed by atoms with Gasteiger partial charge < -0.3 is 26.0 Å². The number of benzene rings is 1. The predicted octanol–water partition coefficient (Wildman–Crippen LogP) is 2.81. The summed E-state index contributed by atoms with van der Waals surface area (Å²) in [6.07, 6.45) is -5.28. The number of nitrogens with one attached hydrogen (secondary N) is 1. The van der Waals surface area contributed by atoms with Crippen molar-refractivity contribution in [3.63, 3.8) is 0 Å². The number of dihydropyridines is 1. The van der Waals surface area contributed by atoms with Crippen LogP contribution in [0.5, 0.6) is 0 Å². The molecule has 0 radical (unpaired) electrons. The maximum absolute atomic E-state index is 14.7. The highest BCUT2D eigenvalue weighted by atomic mass is 35.5. The van der Waals surface area contributed by atoms with Gasteiger partial charge in [-0.25, -0.2) is 18.4 Å². The summed E-state index contributed by atoms with van der Waals surface area (Å²) in [5.74, 6) is -7.72. The maximum Gasteiger partial charge on any atom is 0.418 e. The van der Waals surface area contributed by atoms with Crippen molar-refractivity contribution >= 4 is 23.5 Å². The van der Waals surface area contributed by atoms with E-state index >= 15 is 0 Å². The van der Waals surface area contributed by atoms with Crippen LogP contribution in [0.2, 0.25) is 5.02 Å². The molecule has 13 heteroatoms. The Morgan fingerprint density at radius 1 is 1.16 bits per heavy atom. The summed E-state index contributed by atoms with van der Waals surface area (Å²) in [6.45, 7) is -2.20. The topological polar surface area (TPSA) is 122 Å². The number of carboxylic acids is 2. The van der Waals surface area contributed by atoms with E-state index in [0.717, 1.165) is 0 Å². The lowest BCUT2D eigenvalue weighted by Gasteiger charge is -2.32. The molecule has 7 nitrogen and oxygen atoms in total. The second-order valence-corrected chi connectivity index (χ2v) is 6.65. The quantitative estimate of drug-likeness (QED) is 0.340. The molecule has 31 heavy (non-hydrogen) atoms. The average molecular weight is 471 g/mol. The first-order chi connectivity index (χ1) is 14.4. The maximum atomic E-state index is 14.7. The van der Waals surface area contributed by atoms with E-state index in [1.54, 1.807) is 0 Å². The van der Waals surface area contributed by atoms with Gasteiger partial charge >= 0.3 is 18.1 Å². The molecule has 2 rings (SSSR count). The molecule has 0 aliphatic carbocycles. The fourth-order valence-electron chi connectivity index (χ4n) is 3.22. The minimum absolute atomic E-state index is 0.00639. The van der Waals surface area contributed by atoms with E-state index in [-0.39, 0.29) is 13.2 Å². The largest absolute Gasteiger partial charge is 0.478 e. The van der Waals surface area contributed by atoms with Gasteiger partial charge in [-0.2, -0.15) is 13.2 Å². The molecule has 0 bridgehead atoms.